The van der Waals surface area contributed by atoms with Crippen molar-refractivity contribution < 1.29 is 50.4 Å². The van der Waals surface area contributed by atoms with Gasteiger partial charge in [0.25, 0.3) is 0 Å². The second-order valence-electron chi connectivity index (χ2n) is 7.92. The Balaban J connectivity index is 0.000000616. The summed E-state index contributed by atoms with van der Waals surface area (Å²) < 4.78 is 1.80. The van der Waals surface area contributed by atoms with Crippen LogP contribution in [0.2, 0.25) is 0 Å². The van der Waals surface area contributed by atoms with E-state index in [4.69, 9.17) is 40.9 Å². The van der Waals surface area contributed by atoms with Crippen molar-refractivity contribution in [1.29, 1.82) is 0 Å². The molecule has 1 aromatic heterocycles. The second kappa shape index (κ2) is 23.9. The molecule has 224 valence electrons. The summed E-state index contributed by atoms with van der Waals surface area (Å²) in [5.41, 5.74) is 0.875. The maximum absolute atomic E-state index is 10.9. The zero-order chi connectivity index (χ0) is 29.5. The maximum atomic E-state index is 10.9. The minimum absolute atomic E-state index is 0.0694. The van der Waals surface area contributed by atoms with Crippen molar-refractivity contribution in [2.75, 3.05) is 84.7 Å². The molecule has 2 aromatic rings. The van der Waals surface area contributed by atoms with Crippen LogP contribution >= 0.6 is 23.1 Å². The minimum atomic E-state index is -1.10. The van der Waals surface area contributed by atoms with Gasteiger partial charge in [0.2, 0.25) is 0 Å². The lowest BCUT2D eigenvalue weighted by Crippen LogP contribution is -2.32. The van der Waals surface area contributed by atoms with Crippen LogP contribution in [0.25, 0.3) is 10.2 Å². The number of aromatic nitrogens is 1. The Labute approximate surface area is 236 Å². The molecule has 0 aliphatic carbocycles. The molecule has 1 atom stereocenters. The fourth-order valence-electron chi connectivity index (χ4n) is 3.03. The van der Waals surface area contributed by atoms with Gasteiger partial charge in [0, 0.05) is 45.0 Å². The van der Waals surface area contributed by atoms with Crippen molar-refractivity contribution in [3.63, 3.8) is 0 Å². The van der Waals surface area contributed by atoms with Gasteiger partial charge in [-0.1, -0.05) is 23.9 Å². The lowest BCUT2D eigenvalue weighted by Gasteiger charge is -2.17. The molecule has 1 heterocycles. The largest absolute Gasteiger partial charge is 0.481 e. The van der Waals surface area contributed by atoms with E-state index in [0.717, 1.165) is 14.6 Å². The quantitative estimate of drug-likeness (QED) is 0.0980. The third-order valence-corrected chi connectivity index (χ3v) is 7.29. The highest BCUT2D eigenvalue weighted by Gasteiger charge is 2.21. The summed E-state index contributed by atoms with van der Waals surface area (Å²) in [5.74, 6) is -2.87. The van der Waals surface area contributed by atoms with Crippen molar-refractivity contribution in [2.24, 2.45) is 5.92 Å². The van der Waals surface area contributed by atoms with Gasteiger partial charge < -0.3 is 40.9 Å². The third-order valence-electron chi connectivity index (χ3n) is 4.95. The molecule has 1 unspecified atom stereocenters. The third kappa shape index (κ3) is 18.1. The zero-order valence-electron chi connectivity index (χ0n) is 21.8. The average Bonchev–Trinajstić information content (AvgIpc) is 3.31. The number of aliphatic hydroxyl groups is 6. The van der Waals surface area contributed by atoms with Crippen molar-refractivity contribution in [1.82, 2.24) is 14.8 Å². The van der Waals surface area contributed by atoms with E-state index in [0.29, 0.717) is 39.3 Å². The van der Waals surface area contributed by atoms with Gasteiger partial charge >= 0.3 is 11.9 Å². The van der Waals surface area contributed by atoms with E-state index in [9.17, 15) is 9.59 Å². The molecule has 1 aromatic carbocycles. The van der Waals surface area contributed by atoms with Crippen molar-refractivity contribution in [3.05, 3.63) is 24.3 Å². The SMILES string of the molecule is O=C(O)CC(CSc1nc2ccccc2s1)C(=O)O.OCCN(CCO)CCO.OCCN(CCO)CCO. The first-order valence-corrected chi connectivity index (χ1v) is 14.1. The van der Waals surface area contributed by atoms with Crippen LogP contribution in [0.5, 0.6) is 0 Å². The van der Waals surface area contributed by atoms with Crippen molar-refractivity contribution in [2.45, 2.75) is 10.8 Å². The first kappa shape index (κ1) is 37.1. The number of aliphatic carboxylic acids is 2. The van der Waals surface area contributed by atoms with Gasteiger partial charge in [-0.05, 0) is 12.1 Å². The molecule has 0 aliphatic rings. The summed E-state index contributed by atoms with van der Waals surface area (Å²) in [6, 6.07) is 7.64. The molecule has 15 heteroatoms. The van der Waals surface area contributed by atoms with Crippen LogP contribution in [0.1, 0.15) is 6.42 Å². The number of aliphatic hydroxyl groups excluding tert-OH is 6. The van der Waals surface area contributed by atoms with Crippen LogP contribution in [0, 0.1) is 5.92 Å². The minimum Gasteiger partial charge on any atom is -0.481 e. The number of carbonyl (C=O) groups is 2. The summed E-state index contributed by atoms with van der Waals surface area (Å²) >= 11 is 2.77. The number of nitrogens with zero attached hydrogens (tertiary/aromatic N) is 3. The van der Waals surface area contributed by atoms with Gasteiger partial charge in [-0.2, -0.15) is 0 Å². The van der Waals surface area contributed by atoms with Crippen LogP contribution in [0.3, 0.4) is 0 Å². The summed E-state index contributed by atoms with van der Waals surface area (Å²) in [6.45, 7) is 3.51. The Morgan fingerprint density at radius 3 is 1.56 bits per heavy atom. The highest BCUT2D eigenvalue weighted by Crippen LogP contribution is 2.30. The molecule has 8 N–H and O–H groups in total. The monoisotopic (exact) mass is 595 g/mol. The van der Waals surface area contributed by atoms with Crippen molar-refractivity contribution >= 4 is 45.3 Å². The van der Waals surface area contributed by atoms with E-state index in [-0.39, 0.29) is 51.8 Å². The number of fused-ring (bicyclic) bond motifs is 1. The number of carboxylic acids is 2. The highest BCUT2D eigenvalue weighted by atomic mass is 32.2. The molecule has 0 saturated carbocycles. The Bertz CT molecular complexity index is 826. The summed E-state index contributed by atoms with van der Waals surface area (Å²) in [7, 11) is 0. The van der Waals surface area contributed by atoms with Crippen LogP contribution in [-0.4, -0.2) is 152 Å². The molecule has 39 heavy (non-hydrogen) atoms. The lowest BCUT2D eigenvalue weighted by atomic mass is 10.1. The number of rotatable bonds is 18. The summed E-state index contributed by atoms with van der Waals surface area (Å²) in [6.07, 6.45) is -0.368. The van der Waals surface area contributed by atoms with Crippen LogP contribution in [0.4, 0.5) is 0 Å². The average molecular weight is 596 g/mol. The molecule has 0 amide bonds. The van der Waals surface area contributed by atoms with E-state index < -0.39 is 17.9 Å². The number of thiazole rings is 1. The number of hydrogen-bond acceptors (Lipinski definition) is 13. The molecule has 0 aliphatic heterocycles. The van der Waals surface area contributed by atoms with Crippen LogP contribution in [0.15, 0.2) is 28.6 Å². The summed E-state index contributed by atoms with van der Waals surface area (Å²) in [4.78, 5) is 29.5. The molecule has 0 radical (unpaired) electrons. The number of hydrogen-bond donors (Lipinski definition) is 8. The van der Waals surface area contributed by atoms with Gasteiger partial charge in [0.15, 0.2) is 4.34 Å². The van der Waals surface area contributed by atoms with Gasteiger partial charge in [0.05, 0.1) is 62.2 Å². The smallest absolute Gasteiger partial charge is 0.307 e. The number of carboxylic acid groups (broad SMARTS) is 2. The normalized spacial score (nSPS) is 11.6. The highest BCUT2D eigenvalue weighted by molar-refractivity contribution is 8.01. The number of thioether (sulfide) groups is 1. The fourth-order valence-corrected chi connectivity index (χ4v) is 5.21. The Kier molecular flexibility index (Phi) is 22.7. The van der Waals surface area contributed by atoms with E-state index in [1.165, 1.54) is 23.1 Å². The first-order chi connectivity index (χ1) is 18.8. The van der Waals surface area contributed by atoms with Crippen LogP contribution < -0.4 is 0 Å². The molecular formula is C24H41N3O10S2. The Morgan fingerprint density at radius 2 is 1.21 bits per heavy atom. The maximum Gasteiger partial charge on any atom is 0.307 e. The van der Waals surface area contributed by atoms with Gasteiger partial charge in [-0.3, -0.25) is 19.4 Å². The topological polar surface area (TPSA) is 215 Å². The van der Waals surface area contributed by atoms with Crippen molar-refractivity contribution in [3.8, 4) is 0 Å². The fraction of sp³-hybridized carbons (Fsp3) is 0.625. The molecular weight excluding hydrogens is 554 g/mol. The molecule has 0 bridgehead atoms. The Hall–Kier alpha value is -1.92. The molecule has 13 nitrogen and oxygen atoms in total. The van der Waals surface area contributed by atoms with Gasteiger partial charge in [-0.25, -0.2) is 4.98 Å². The van der Waals surface area contributed by atoms with E-state index in [1.54, 1.807) is 9.80 Å². The second-order valence-corrected chi connectivity index (χ2v) is 10.2. The predicted octanol–water partition coefficient (Wildman–Crippen LogP) is -0.905. The summed E-state index contributed by atoms with van der Waals surface area (Å²) in [5, 5.41) is 68.5. The van der Waals surface area contributed by atoms with E-state index in [1.807, 2.05) is 24.3 Å². The first-order valence-electron chi connectivity index (χ1n) is 12.3. The van der Waals surface area contributed by atoms with Crippen LogP contribution in [-0.2, 0) is 9.59 Å². The van der Waals surface area contributed by atoms with Gasteiger partial charge in [0.1, 0.15) is 0 Å². The molecule has 0 fully saturated rings. The molecule has 0 spiro atoms. The van der Waals surface area contributed by atoms with E-state index in [2.05, 4.69) is 4.98 Å². The lowest BCUT2D eigenvalue weighted by molar-refractivity contribution is -0.147. The van der Waals surface area contributed by atoms with E-state index >= 15 is 0 Å². The zero-order valence-corrected chi connectivity index (χ0v) is 23.5. The molecule has 2 rings (SSSR count). The molecule has 0 saturated heterocycles. The standard InChI is InChI=1S/C12H11NO4S2.2C6H15NO3/c14-10(15)5-7(11(16)17)6-18-12-13-8-3-1-2-4-9(8)19-12;2*8-4-1-7(2-5-9)3-6-10/h1-4,7H,5-6H2,(H,14,15)(H,16,17);2*8-10H,1-6H2. The number of para-hydroxylation sites is 1. The number of benzene rings is 1. The predicted molar refractivity (Wildman–Crippen MR) is 149 cm³/mol. The van der Waals surface area contributed by atoms with Gasteiger partial charge in [-0.15, -0.1) is 11.3 Å². The Morgan fingerprint density at radius 1 is 0.769 bits per heavy atom.